The Kier molecular flexibility index (Phi) is 12.9. The minimum absolute atomic E-state index is 0. The molecule has 0 bridgehead atoms. The molecule has 0 atom stereocenters. The van der Waals surface area contributed by atoms with Crippen molar-refractivity contribution < 1.29 is 0 Å². The first-order valence-corrected chi connectivity index (χ1v) is 22.8. The molecule has 0 saturated heterocycles. The van der Waals surface area contributed by atoms with E-state index in [4.69, 9.17) is 0 Å². The number of hydrogen-bond acceptors (Lipinski definition) is 1. The first-order valence-electron chi connectivity index (χ1n) is 0.655. The molecule has 0 aromatic rings. The molecule has 0 heterocycles. The molecule has 0 aromatic heterocycles. The van der Waals surface area contributed by atoms with E-state index in [-0.39, 0.29) is 6.15 Å². The molecule has 32 valence electrons. The molecule has 0 fully saturated rings. The van der Waals surface area contributed by atoms with Crippen molar-refractivity contribution in [1.82, 2.24) is 6.15 Å². The second-order valence-corrected chi connectivity index (χ2v) is 44.8. The van der Waals surface area contributed by atoms with Crippen LogP contribution >= 0.6 is 36.9 Å². The fraction of sp³-hybridized carbons (Fsp3) is 0. The summed E-state index contributed by atoms with van der Waals surface area (Å²) in [6, 6.07) is 0. The third-order valence-electron chi connectivity index (χ3n) is 0. The molecule has 0 aliphatic carbocycles. The van der Waals surface area contributed by atoms with Crippen LogP contribution in [0.1, 0.15) is 0 Å². The average molecular weight is 372 g/mol. The molecule has 3 N–H and O–H groups in total. The van der Waals surface area contributed by atoms with E-state index >= 15 is 0 Å². The van der Waals surface area contributed by atoms with Gasteiger partial charge in [0, 0.05) is 0 Å². The Balaban J connectivity index is 0. The zero-order valence-electron chi connectivity index (χ0n) is 2.42. The predicted octanol–water partition coefficient (Wildman–Crippen LogP) is 2.32. The fourth-order valence-corrected chi connectivity index (χ4v) is 0. The first-order chi connectivity index (χ1) is 1.73. The zero-order valence-corrected chi connectivity index (χ0v) is 10.5. The summed E-state index contributed by atoms with van der Waals surface area (Å²) in [6.07, 6.45) is 0. The molecule has 0 saturated carbocycles. The summed E-state index contributed by atoms with van der Waals surface area (Å²) in [4.78, 5) is 0. The van der Waals surface area contributed by atoms with E-state index in [1.807, 2.05) is 0 Å². The van der Waals surface area contributed by atoms with Crippen molar-refractivity contribution in [3.63, 3.8) is 0 Å². The quantitative estimate of drug-likeness (QED) is 0.697. The fourth-order valence-electron chi connectivity index (χ4n) is 0. The van der Waals surface area contributed by atoms with Crippen molar-refractivity contribution in [3.8, 4) is 0 Å². The summed E-state index contributed by atoms with van der Waals surface area (Å²) < 4.78 is 0. The van der Waals surface area contributed by atoms with Gasteiger partial charge in [0.05, 0.1) is 0 Å². The molecule has 1 nitrogen and oxygen atoms in total. The van der Waals surface area contributed by atoms with E-state index in [2.05, 4.69) is 36.9 Å². The van der Waals surface area contributed by atoms with E-state index in [9.17, 15) is 0 Å². The van der Waals surface area contributed by atoms with Gasteiger partial charge in [-0.2, -0.15) is 0 Å². The van der Waals surface area contributed by atoms with E-state index in [0.717, 1.165) is 0 Å². The van der Waals surface area contributed by atoms with Gasteiger partial charge in [0.15, 0.2) is 0 Å². The van der Waals surface area contributed by atoms with Crippen molar-refractivity contribution in [3.05, 3.63) is 0 Å². The second-order valence-electron chi connectivity index (χ2n) is 0.247. The van der Waals surface area contributed by atoms with Crippen molar-refractivity contribution in [2.45, 2.75) is 0 Å². The molecule has 0 spiro atoms. The van der Waals surface area contributed by atoms with Crippen LogP contribution in [0.15, 0.2) is 0 Å². The van der Waals surface area contributed by atoms with Gasteiger partial charge in [-0.05, 0) is 0 Å². The van der Waals surface area contributed by atoms with Gasteiger partial charge >= 0.3 is 51.3 Å². The summed E-state index contributed by atoms with van der Waals surface area (Å²) in [7, 11) is 0. The molecule has 0 aliphatic heterocycles. The minimum atomic E-state index is -1.20. The van der Waals surface area contributed by atoms with Gasteiger partial charge < -0.3 is 6.15 Å². The summed E-state index contributed by atoms with van der Waals surface area (Å²) >= 11 is 8.74. The SMILES string of the molecule is N.[Br][In]([Br])[Br]. The van der Waals surface area contributed by atoms with Crippen molar-refractivity contribution >= 4 is 51.3 Å². The van der Waals surface area contributed by atoms with Gasteiger partial charge in [0.2, 0.25) is 0 Å². The van der Waals surface area contributed by atoms with Crippen LogP contribution in [-0.4, -0.2) is 14.4 Å². The molecular formula is H3Br3InN. The standard InChI is InChI=1S/3BrH.In.H3N/h3*1H;;1H3/q;;;+3;/p-3. The number of halogens is 3. The van der Waals surface area contributed by atoms with Crippen LogP contribution in [0, 0.1) is 0 Å². The second kappa shape index (κ2) is 6.27. The van der Waals surface area contributed by atoms with Gasteiger partial charge in [-0.25, -0.2) is 0 Å². The van der Waals surface area contributed by atoms with Crippen LogP contribution < -0.4 is 6.15 Å². The Morgan fingerprint density at radius 3 is 1.00 bits per heavy atom. The van der Waals surface area contributed by atoms with E-state index in [0.29, 0.717) is 0 Å². The Bertz CT molecular complexity index is 11.6. The predicted molar refractivity (Wildman–Crippen MR) is 37.6 cm³/mol. The Morgan fingerprint density at radius 1 is 1.00 bits per heavy atom. The molecule has 0 aliphatic rings. The van der Waals surface area contributed by atoms with Crippen LogP contribution in [0.4, 0.5) is 0 Å². The topological polar surface area (TPSA) is 35.0 Å². The summed E-state index contributed by atoms with van der Waals surface area (Å²) in [5.74, 6) is 0. The molecule has 5 heteroatoms. The van der Waals surface area contributed by atoms with Crippen LogP contribution in [0.25, 0.3) is 0 Å². The van der Waals surface area contributed by atoms with E-state index in [1.165, 1.54) is 0 Å². The van der Waals surface area contributed by atoms with Gasteiger partial charge in [-0.15, -0.1) is 0 Å². The van der Waals surface area contributed by atoms with Gasteiger partial charge in [0.25, 0.3) is 0 Å². The third kappa shape index (κ3) is 22.2. The Hall–Kier alpha value is 2.27. The maximum absolute atomic E-state index is 3.31. The normalized spacial score (nSPS) is 5.40. The average Bonchev–Trinajstić information content (AvgIpc) is 0.811. The third-order valence-corrected chi connectivity index (χ3v) is 0. The van der Waals surface area contributed by atoms with Crippen molar-refractivity contribution in [2.24, 2.45) is 0 Å². The summed E-state index contributed by atoms with van der Waals surface area (Å²) in [5.41, 5.74) is 0. The molecule has 0 amide bonds. The Morgan fingerprint density at radius 2 is 1.00 bits per heavy atom. The molecule has 0 aromatic carbocycles. The van der Waals surface area contributed by atoms with E-state index in [1.54, 1.807) is 0 Å². The molecule has 0 unspecified atom stereocenters. The summed E-state index contributed by atoms with van der Waals surface area (Å²) in [5, 5.41) is 0. The monoisotopic (exact) mass is 369 g/mol. The number of rotatable bonds is 0. The van der Waals surface area contributed by atoms with Gasteiger partial charge in [0.1, 0.15) is 0 Å². The summed E-state index contributed by atoms with van der Waals surface area (Å²) in [6.45, 7) is 0. The van der Waals surface area contributed by atoms with Crippen LogP contribution in [0.3, 0.4) is 0 Å². The van der Waals surface area contributed by atoms with E-state index < -0.39 is 14.4 Å². The van der Waals surface area contributed by atoms with Crippen LogP contribution in [-0.2, 0) is 0 Å². The van der Waals surface area contributed by atoms with Crippen molar-refractivity contribution in [2.75, 3.05) is 0 Å². The molecule has 0 rings (SSSR count). The van der Waals surface area contributed by atoms with Crippen LogP contribution in [0.5, 0.6) is 0 Å². The van der Waals surface area contributed by atoms with Crippen molar-refractivity contribution in [1.29, 1.82) is 0 Å². The number of hydrogen-bond donors (Lipinski definition) is 1. The first kappa shape index (κ1) is 10.3. The molecule has 5 heavy (non-hydrogen) atoms. The van der Waals surface area contributed by atoms with Gasteiger partial charge in [-0.3, -0.25) is 0 Å². The Labute approximate surface area is 56.5 Å². The molecular weight excluding hydrogens is 369 g/mol. The van der Waals surface area contributed by atoms with Crippen LogP contribution in [0.2, 0.25) is 0 Å². The molecule has 0 radical (unpaired) electrons. The van der Waals surface area contributed by atoms with Gasteiger partial charge in [-0.1, -0.05) is 0 Å². The zero-order chi connectivity index (χ0) is 3.58. The maximum atomic E-state index is 3.31.